The molecule has 4 nitrogen and oxygen atoms in total. The molecule has 1 aromatic carbocycles. The first kappa shape index (κ1) is 15.3. The van der Waals surface area contributed by atoms with Crippen LogP contribution in [0.1, 0.15) is 18.1 Å². The molecule has 2 N–H and O–H groups in total. The smallest absolute Gasteiger partial charge is 0.161 e. The zero-order chi connectivity index (χ0) is 15.1. The molecule has 1 aromatic heterocycles. The van der Waals surface area contributed by atoms with Crippen LogP contribution in [0.25, 0.3) is 0 Å². The van der Waals surface area contributed by atoms with Crippen molar-refractivity contribution >= 4 is 0 Å². The average Bonchev–Trinajstić information content (AvgIpc) is 2.47. The van der Waals surface area contributed by atoms with Gasteiger partial charge in [0.1, 0.15) is 12.4 Å². The van der Waals surface area contributed by atoms with Gasteiger partial charge >= 0.3 is 0 Å². The molecule has 0 amide bonds. The van der Waals surface area contributed by atoms with Crippen molar-refractivity contribution in [2.24, 2.45) is 5.73 Å². The van der Waals surface area contributed by atoms with Gasteiger partial charge in [0.25, 0.3) is 0 Å². The maximum Gasteiger partial charge on any atom is 0.161 e. The van der Waals surface area contributed by atoms with Crippen molar-refractivity contribution in [2.45, 2.75) is 20.0 Å². The van der Waals surface area contributed by atoms with E-state index in [1.807, 2.05) is 25.1 Å². The molecule has 1 heterocycles. The zero-order valence-electron chi connectivity index (χ0n) is 12.0. The molecule has 0 spiro atoms. The second-order valence-electron chi connectivity index (χ2n) is 4.55. The molecule has 5 heteroatoms. The maximum atomic E-state index is 13.1. The number of hydrogen-bond acceptors (Lipinski definition) is 4. The van der Waals surface area contributed by atoms with Crippen molar-refractivity contribution in [3.8, 4) is 11.5 Å². The Balaban J connectivity index is 2.11. The predicted octanol–water partition coefficient (Wildman–Crippen LogP) is 2.70. The van der Waals surface area contributed by atoms with Gasteiger partial charge in [0, 0.05) is 11.8 Å². The number of halogens is 1. The number of ether oxygens (including phenoxy) is 2. The number of aromatic nitrogens is 1. The van der Waals surface area contributed by atoms with Crippen LogP contribution in [0.15, 0.2) is 36.7 Å². The van der Waals surface area contributed by atoms with Crippen LogP contribution in [0.3, 0.4) is 0 Å². The molecule has 2 rings (SSSR count). The van der Waals surface area contributed by atoms with E-state index in [2.05, 4.69) is 4.98 Å². The highest BCUT2D eigenvalue weighted by molar-refractivity contribution is 5.43. The van der Waals surface area contributed by atoms with Gasteiger partial charge in [-0.15, -0.1) is 0 Å². The summed E-state index contributed by atoms with van der Waals surface area (Å²) in [5.74, 6) is 0.925. The molecule has 0 unspecified atom stereocenters. The molecule has 0 saturated heterocycles. The molecule has 21 heavy (non-hydrogen) atoms. The van der Waals surface area contributed by atoms with E-state index < -0.39 is 0 Å². The quantitative estimate of drug-likeness (QED) is 0.852. The highest BCUT2D eigenvalue weighted by Crippen LogP contribution is 2.29. The van der Waals surface area contributed by atoms with Crippen LogP contribution >= 0.6 is 0 Å². The van der Waals surface area contributed by atoms with E-state index in [1.165, 1.54) is 6.07 Å². The molecule has 0 atom stereocenters. The average molecular weight is 290 g/mol. The van der Waals surface area contributed by atoms with E-state index >= 15 is 0 Å². The summed E-state index contributed by atoms with van der Waals surface area (Å²) in [5.41, 5.74) is 7.32. The highest BCUT2D eigenvalue weighted by atomic mass is 19.1. The lowest BCUT2D eigenvalue weighted by atomic mass is 10.1. The van der Waals surface area contributed by atoms with Crippen LogP contribution in [0.5, 0.6) is 11.5 Å². The number of rotatable bonds is 7. The summed E-state index contributed by atoms with van der Waals surface area (Å²) in [6.45, 7) is 3.28. The number of nitrogens with two attached hydrogens (primary N) is 1. The van der Waals surface area contributed by atoms with Crippen LogP contribution in [0, 0.1) is 5.82 Å². The van der Waals surface area contributed by atoms with Gasteiger partial charge in [-0.1, -0.05) is 6.07 Å². The SMILES string of the molecule is CCOc1cc(CCN)ccc1OCc1cncc(F)c1. The summed E-state index contributed by atoms with van der Waals surface area (Å²) in [6, 6.07) is 7.13. The van der Waals surface area contributed by atoms with Crippen molar-refractivity contribution in [3.05, 3.63) is 53.6 Å². The minimum absolute atomic E-state index is 0.237. The van der Waals surface area contributed by atoms with Gasteiger partial charge in [-0.05, 0) is 43.7 Å². The lowest BCUT2D eigenvalue weighted by Crippen LogP contribution is -2.04. The summed E-state index contributed by atoms with van der Waals surface area (Å²) in [7, 11) is 0. The Morgan fingerprint density at radius 2 is 1.95 bits per heavy atom. The Kier molecular flexibility index (Phi) is 5.51. The molecule has 0 fully saturated rings. The molecule has 0 radical (unpaired) electrons. The molecule has 0 bridgehead atoms. The van der Waals surface area contributed by atoms with Gasteiger partial charge in [-0.25, -0.2) is 4.39 Å². The van der Waals surface area contributed by atoms with Crippen molar-refractivity contribution < 1.29 is 13.9 Å². The molecule has 0 saturated carbocycles. The van der Waals surface area contributed by atoms with Crippen molar-refractivity contribution in [1.29, 1.82) is 0 Å². The Labute approximate surface area is 123 Å². The van der Waals surface area contributed by atoms with Crippen LogP contribution < -0.4 is 15.2 Å². The molecular weight excluding hydrogens is 271 g/mol. The summed E-state index contributed by atoms with van der Waals surface area (Å²) >= 11 is 0. The number of nitrogens with zero attached hydrogens (tertiary/aromatic N) is 1. The molecule has 112 valence electrons. The van der Waals surface area contributed by atoms with Gasteiger partial charge < -0.3 is 15.2 Å². The zero-order valence-corrected chi connectivity index (χ0v) is 12.0. The third-order valence-corrected chi connectivity index (χ3v) is 2.90. The maximum absolute atomic E-state index is 13.1. The minimum atomic E-state index is -0.376. The summed E-state index contributed by atoms with van der Waals surface area (Å²) < 4.78 is 24.4. The fourth-order valence-corrected chi connectivity index (χ4v) is 1.96. The van der Waals surface area contributed by atoms with Gasteiger partial charge in [0.15, 0.2) is 11.5 Å². The van der Waals surface area contributed by atoms with Crippen molar-refractivity contribution in [2.75, 3.05) is 13.2 Å². The third kappa shape index (κ3) is 4.43. The topological polar surface area (TPSA) is 57.4 Å². The molecule has 0 aliphatic heterocycles. The van der Waals surface area contributed by atoms with Crippen molar-refractivity contribution in [3.63, 3.8) is 0 Å². The predicted molar refractivity (Wildman–Crippen MR) is 78.9 cm³/mol. The summed E-state index contributed by atoms with van der Waals surface area (Å²) in [5, 5.41) is 0. The largest absolute Gasteiger partial charge is 0.490 e. The van der Waals surface area contributed by atoms with E-state index in [0.29, 0.717) is 30.2 Å². The van der Waals surface area contributed by atoms with E-state index in [4.69, 9.17) is 15.2 Å². The second-order valence-corrected chi connectivity index (χ2v) is 4.55. The first-order valence-corrected chi connectivity index (χ1v) is 6.91. The first-order chi connectivity index (χ1) is 10.2. The standard InChI is InChI=1S/C16H19FN2O2/c1-2-20-16-8-12(5-6-18)3-4-15(16)21-11-13-7-14(17)10-19-9-13/h3-4,7-10H,2,5-6,11,18H2,1H3. The van der Waals surface area contributed by atoms with Gasteiger partial charge in [-0.3, -0.25) is 4.98 Å². The van der Waals surface area contributed by atoms with Crippen molar-refractivity contribution in [1.82, 2.24) is 4.98 Å². The van der Waals surface area contributed by atoms with Gasteiger partial charge in [0.2, 0.25) is 0 Å². The number of benzene rings is 1. The lowest BCUT2D eigenvalue weighted by Gasteiger charge is -2.13. The molecule has 0 aliphatic rings. The van der Waals surface area contributed by atoms with Crippen LogP contribution in [-0.4, -0.2) is 18.1 Å². The van der Waals surface area contributed by atoms with Crippen LogP contribution in [0.4, 0.5) is 4.39 Å². The fraction of sp³-hybridized carbons (Fsp3) is 0.312. The number of pyridine rings is 1. The van der Waals surface area contributed by atoms with Crippen LogP contribution in [-0.2, 0) is 13.0 Å². The second kappa shape index (κ2) is 7.59. The Morgan fingerprint density at radius 3 is 2.67 bits per heavy atom. The van der Waals surface area contributed by atoms with E-state index in [-0.39, 0.29) is 12.4 Å². The van der Waals surface area contributed by atoms with Gasteiger partial charge in [-0.2, -0.15) is 0 Å². The minimum Gasteiger partial charge on any atom is -0.490 e. The molecule has 2 aromatic rings. The molecule has 0 aliphatic carbocycles. The third-order valence-electron chi connectivity index (χ3n) is 2.90. The summed E-state index contributed by atoms with van der Waals surface area (Å²) in [4.78, 5) is 3.79. The van der Waals surface area contributed by atoms with E-state index in [1.54, 1.807) is 6.20 Å². The normalized spacial score (nSPS) is 10.4. The Morgan fingerprint density at radius 1 is 1.10 bits per heavy atom. The molecular formula is C16H19FN2O2. The van der Waals surface area contributed by atoms with E-state index in [0.717, 1.165) is 18.2 Å². The van der Waals surface area contributed by atoms with Gasteiger partial charge in [0.05, 0.1) is 12.8 Å². The van der Waals surface area contributed by atoms with E-state index in [9.17, 15) is 4.39 Å². The Hall–Kier alpha value is -2.14. The summed E-state index contributed by atoms with van der Waals surface area (Å²) in [6.07, 6.45) is 3.52. The fourth-order valence-electron chi connectivity index (χ4n) is 1.96. The van der Waals surface area contributed by atoms with Crippen LogP contribution in [0.2, 0.25) is 0 Å². The highest BCUT2D eigenvalue weighted by Gasteiger charge is 2.07. The number of hydrogen-bond donors (Lipinski definition) is 1. The monoisotopic (exact) mass is 290 g/mol. The lowest BCUT2D eigenvalue weighted by molar-refractivity contribution is 0.268. The first-order valence-electron chi connectivity index (χ1n) is 6.91. The Bertz CT molecular complexity index is 590.